The summed E-state index contributed by atoms with van der Waals surface area (Å²) in [6.07, 6.45) is 2.32. The molecule has 204 valence electrons. The Balaban J connectivity index is 1.77. The predicted octanol–water partition coefficient (Wildman–Crippen LogP) is 3.79. The van der Waals surface area contributed by atoms with Crippen LogP contribution in [0.5, 0.6) is 0 Å². The van der Waals surface area contributed by atoms with Gasteiger partial charge in [-0.1, -0.05) is 30.3 Å². The number of anilines is 1. The Morgan fingerprint density at radius 2 is 1.63 bits per heavy atom. The number of H-pyrrole nitrogens is 1. The summed E-state index contributed by atoms with van der Waals surface area (Å²) in [6.45, 7) is 4.58. The number of aromatic amines is 1. The summed E-state index contributed by atoms with van der Waals surface area (Å²) in [5, 5.41) is 6.49. The molecule has 3 rings (SSSR count). The highest BCUT2D eigenvalue weighted by Crippen LogP contribution is 2.20. The van der Waals surface area contributed by atoms with E-state index in [0.717, 1.165) is 27.7 Å². The lowest BCUT2D eigenvalue weighted by atomic mass is 10.0. The fraction of sp³-hybridized carbons (Fsp3) is 0.393. The molecule has 1 aromatic heterocycles. The summed E-state index contributed by atoms with van der Waals surface area (Å²) in [5.74, 6) is -0.391. The number of esters is 1. The Morgan fingerprint density at radius 3 is 2.26 bits per heavy atom. The zero-order valence-corrected chi connectivity index (χ0v) is 23.1. The molecule has 2 atom stereocenters. The van der Waals surface area contributed by atoms with Gasteiger partial charge in [-0.3, -0.25) is 9.59 Å². The van der Waals surface area contributed by atoms with Crippen LogP contribution in [0.4, 0.5) is 5.69 Å². The van der Waals surface area contributed by atoms with Gasteiger partial charge in [-0.15, -0.1) is 23.2 Å². The molecule has 2 aromatic carbocycles. The van der Waals surface area contributed by atoms with E-state index in [9.17, 15) is 14.4 Å². The second-order valence-corrected chi connectivity index (χ2v) is 9.62. The molecule has 2 amide bonds. The van der Waals surface area contributed by atoms with Crippen molar-refractivity contribution in [2.24, 2.45) is 0 Å². The number of nitrogens with zero attached hydrogens (tertiary/aromatic N) is 1. The topological polar surface area (TPSA) is 104 Å². The lowest BCUT2D eigenvalue weighted by Crippen LogP contribution is -2.53. The van der Waals surface area contributed by atoms with Crippen LogP contribution in [0.3, 0.4) is 0 Å². The minimum atomic E-state index is -0.917. The monoisotopic (exact) mass is 560 g/mol. The molecule has 0 aliphatic carbocycles. The van der Waals surface area contributed by atoms with E-state index in [2.05, 4.69) is 20.5 Å². The van der Waals surface area contributed by atoms with Crippen LogP contribution in [0.15, 0.2) is 54.7 Å². The molecule has 38 heavy (non-hydrogen) atoms. The maximum absolute atomic E-state index is 13.4. The molecule has 0 saturated heterocycles. The van der Waals surface area contributed by atoms with E-state index in [1.54, 1.807) is 6.92 Å². The molecule has 3 aromatic rings. The van der Waals surface area contributed by atoms with Gasteiger partial charge in [0.15, 0.2) is 0 Å². The minimum Gasteiger partial charge on any atom is -0.464 e. The Kier molecular flexibility index (Phi) is 11.3. The lowest BCUT2D eigenvalue weighted by molar-refractivity contribution is -0.147. The Bertz CT molecular complexity index is 1210. The standard InChI is InChI=1S/C28H34Cl2N4O4/c1-3-38-28(37)26(17-21-18-31-24-7-5-4-6-23(21)24)33-27(36)25(32-19(2)35)16-20-8-10-22(11-9-20)34(14-12-29)15-13-30/h4-11,18,25-26,31H,3,12-17H2,1-2H3,(H,32,35)(H,33,36)/t25-,26+/m0/s1. The van der Waals surface area contributed by atoms with Gasteiger partial charge in [-0.2, -0.15) is 0 Å². The zero-order valence-electron chi connectivity index (χ0n) is 21.6. The lowest BCUT2D eigenvalue weighted by Gasteiger charge is -2.24. The number of rotatable bonds is 14. The summed E-state index contributed by atoms with van der Waals surface area (Å²) in [6, 6.07) is 13.6. The maximum Gasteiger partial charge on any atom is 0.328 e. The average Bonchev–Trinajstić information content (AvgIpc) is 3.31. The summed E-state index contributed by atoms with van der Waals surface area (Å²) >= 11 is 11.8. The van der Waals surface area contributed by atoms with Gasteiger partial charge in [0.1, 0.15) is 12.1 Å². The van der Waals surface area contributed by atoms with Crippen LogP contribution >= 0.6 is 23.2 Å². The quantitative estimate of drug-likeness (QED) is 0.205. The molecule has 10 heteroatoms. The van der Waals surface area contributed by atoms with Crippen molar-refractivity contribution in [1.29, 1.82) is 0 Å². The second kappa shape index (κ2) is 14.6. The van der Waals surface area contributed by atoms with Gasteiger partial charge in [0.2, 0.25) is 11.8 Å². The molecule has 0 aliphatic rings. The van der Waals surface area contributed by atoms with Gasteiger partial charge < -0.3 is 25.3 Å². The number of hydrogen-bond donors (Lipinski definition) is 3. The van der Waals surface area contributed by atoms with Crippen molar-refractivity contribution in [3.8, 4) is 0 Å². The third-order valence-corrected chi connectivity index (χ3v) is 6.47. The molecule has 0 radical (unpaired) electrons. The van der Waals surface area contributed by atoms with Crippen molar-refractivity contribution < 1.29 is 19.1 Å². The van der Waals surface area contributed by atoms with Gasteiger partial charge in [0.05, 0.1) is 6.61 Å². The highest BCUT2D eigenvalue weighted by atomic mass is 35.5. The van der Waals surface area contributed by atoms with E-state index >= 15 is 0 Å². The first kappa shape index (κ1) is 29.3. The molecule has 1 heterocycles. The van der Waals surface area contributed by atoms with Crippen molar-refractivity contribution in [2.45, 2.75) is 38.8 Å². The van der Waals surface area contributed by atoms with Crippen LogP contribution in [0.1, 0.15) is 25.0 Å². The molecule has 0 aliphatic heterocycles. The molecule has 0 saturated carbocycles. The number of hydrogen-bond acceptors (Lipinski definition) is 5. The van der Waals surface area contributed by atoms with Gasteiger partial charge in [-0.05, 0) is 36.2 Å². The van der Waals surface area contributed by atoms with Gasteiger partial charge in [0, 0.05) is 67.4 Å². The fourth-order valence-corrected chi connectivity index (χ4v) is 4.74. The van der Waals surface area contributed by atoms with Crippen molar-refractivity contribution in [3.05, 3.63) is 65.9 Å². The number of amides is 2. The second-order valence-electron chi connectivity index (χ2n) is 8.87. The number of alkyl halides is 2. The summed E-state index contributed by atoms with van der Waals surface area (Å²) in [5.41, 5.74) is 3.64. The molecule has 0 fully saturated rings. The molecule has 0 unspecified atom stereocenters. The van der Waals surface area contributed by atoms with Gasteiger partial charge >= 0.3 is 5.97 Å². The van der Waals surface area contributed by atoms with Crippen LogP contribution in [-0.2, 0) is 32.0 Å². The smallest absolute Gasteiger partial charge is 0.328 e. The minimum absolute atomic E-state index is 0.186. The molecular weight excluding hydrogens is 527 g/mol. The Hall–Kier alpha value is -3.23. The van der Waals surface area contributed by atoms with Crippen LogP contribution in [0.25, 0.3) is 10.9 Å². The molecule has 0 bridgehead atoms. The van der Waals surface area contributed by atoms with Crippen LogP contribution in [-0.4, -0.2) is 66.3 Å². The molecule has 8 nitrogen and oxygen atoms in total. The zero-order chi connectivity index (χ0) is 27.5. The number of aromatic nitrogens is 1. The van der Waals surface area contributed by atoms with Crippen molar-refractivity contribution in [3.63, 3.8) is 0 Å². The van der Waals surface area contributed by atoms with E-state index in [1.165, 1.54) is 6.92 Å². The SMILES string of the molecule is CCOC(=O)[C@@H](Cc1c[nH]c2ccccc12)NC(=O)[C@H](Cc1ccc(N(CCCl)CCCl)cc1)NC(C)=O. The van der Waals surface area contributed by atoms with Crippen molar-refractivity contribution >= 4 is 57.6 Å². The normalized spacial score (nSPS) is 12.5. The van der Waals surface area contributed by atoms with E-state index < -0.39 is 24.0 Å². The van der Waals surface area contributed by atoms with E-state index in [1.807, 2.05) is 54.7 Å². The highest BCUT2D eigenvalue weighted by Gasteiger charge is 2.28. The van der Waals surface area contributed by atoms with Gasteiger partial charge in [0.25, 0.3) is 0 Å². The first-order chi connectivity index (χ1) is 18.4. The highest BCUT2D eigenvalue weighted by molar-refractivity contribution is 6.18. The number of ether oxygens (including phenoxy) is 1. The largest absolute Gasteiger partial charge is 0.464 e. The maximum atomic E-state index is 13.4. The Morgan fingerprint density at radius 1 is 0.947 bits per heavy atom. The number of carbonyl (C=O) groups excluding carboxylic acids is 3. The number of nitrogens with one attached hydrogen (secondary N) is 3. The van der Waals surface area contributed by atoms with E-state index in [-0.39, 0.29) is 25.4 Å². The van der Waals surface area contributed by atoms with Crippen molar-refractivity contribution in [1.82, 2.24) is 15.6 Å². The molecule has 0 spiro atoms. The third-order valence-electron chi connectivity index (χ3n) is 6.13. The van der Waals surface area contributed by atoms with Crippen LogP contribution in [0.2, 0.25) is 0 Å². The van der Waals surface area contributed by atoms with E-state index in [0.29, 0.717) is 24.8 Å². The van der Waals surface area contributed by atoms with Crippen LogP contribution < -0.4 is 15.5 Å². The molecule has 3 N–H and O–H groups in total. The predicted molar refractivity (Wildman–Crippen MR) is 152 cm³/mol. The summed E-state index contributed by atoms with van der Waals surface area (Å²) in [7, 11) is 0. The Labute approximate surface area is 233 Å². The number of carbonyl (C=O) groups is 3. The van der Waals surface area contributed by atoms with Crippen LogP contribution in [0, 0.1) is 0 Å². The van der Waals surface area contributed by atoms with Crippen molar-refractivity contribution in [2.75, 3.05) is 36.4 Å². The summed E-state index contributed by atoms with van der Waals surface area (Å²) < 4.78 is 5.25. The number of benzene rings is 2. The average molecular weight is 562 g/mol. The summed E-state index contributed by atoms with van der Waals surface area (Å²) in [4.78, 5) is 43.4. The fourth-order valence-electron chi connectivity index (χ4n) is 4.34. The number of halogens is 2. The first-order valence-electron chi connectivity index (χ1n) is 12.6. The van der Waals surface area contributed by atoms with E-state index in [4.69, 9.17) is 27.9 Å². The molecular formula is C28H34Cl2N4O4. The first-order valence-corrected chi connectivity index (χ1v) is 13.7. The van der Waals surface area contributed by atoms with Gasteiger partial charge in [-0.25, -0.2) is 4.79 Å². The number of fused-ring (bicyclic) bond motifs is 1. The number of para-hydroxylation sites is 1. The third kappa shape index (κ3) is 8.13.